The van der Waals surface area contributed by atoms with E-state index in [0.717, 1.165) is 12.5 Å². The quantitative estimate of drug-likeness (QED) is 0.894. The number of aryl methyl sites for hydroxylation is 1. The summed E-state index contributed by atoms with van der Waals surface area (Å²) in [6.07, 6.45) is 1.39. The molecule has 0 aliphatic carbocycles. The number of ether oxygens (including phenoxy) is 1. The summed E-state index contributed by atoms with van der Waals surface area (Å²) in [4.78, 5) is 10.8. The van der Waals surface area contributed by atoms with Gasteiger partial charge in [0.1, 0.15) is 10.7 Å². The first kappa shape index (κ1) is 15.0. The molecule has 2 rings (SSSR count). The average molecular weight is 303 g/mol. The highest BCUT2D eigenvalue weighted by atomic mass is 32.2. The van der Waals surface area contributed by atoms with Crippen molar-refractivity contribution in [1.29, 1.82) is 0 Å². The molecule has 1 saturated heterocycles. The van der Waals surface area contributed by atoms with Crippen LogP contribution in [0.25, 0.3) is 0 Å². The number of carboxylic acid groups (broad SMARTS) is 1. The number of nitrogens with zero attached hydrogens (tertiary/aromatic N) is 1. The number of carboxylic acids is 1. The van der Waals surface area contributed by atoms with Crippen LogP contribution in [0.1, 0.15) is 29.2 Å². The largest absolute Gasteiger partial charge is 0.475 e. The van der Waals surface area contributed by atoms with E-state index in [2.05, 4.69) is 0 Å². The Morgan fingerprint density at radius 2 is 2.25 bits per heavy atom. The Hall–Kier alpha value is -1.38. The second-order valence-corrected chi connectivity index (χ2v) is 6.61. The van der Waals surface area contributed by atoms with Crippen molar-refractivity contribution in [2.75, 3.05) is 20.2 Å². The lowest BCUT2D eigenvalue weighted by Gasteiger charge is -2.30. The van der Waals surface area contributed by atoms with Crippen molar-refractivity contribution in [3.63, 3.8) is 0 Å². The van der Waals surface area contributed by atoms with Crippen molar-refractivity contribution in [3.05, 3.63) is 17.6 Å². The summed E-state index contributed by atoms with van der Waals surface area (Å²) in [5.41, 5.74) is 0. The van der Waals surface area contributed by atoms with E-state index in [0.29, 0.717) is 13.0 Å². The van der Waals surface area contributed by atoms with Crippen molar-refractivity contribution in [3.8, 4) is 0 Å². The molecule has 0 bridgehead atoms. The number of rotatable bonds is 4. The van der Waals surface area contributed by atoms with E-state index in [1.165, 1.54) is 11.2 Å². The fourth-order valence-electron chi connectivity index (χ4n) is 2.28. The number of furan rings is 1. The zero-order valence-corrected chi connectivity index (χ0v) is 12.1. The SMILES string of the molecule is COC1CCCN(S(=O)(=O)c2cc(C(=O)O)oc2C)C1. The van der Waals surface area contributed by atoms with Crippen molar-refractivity contribution in [1.82, 2.24) is 4.31 Å². The fourth-order valence-corrected chi connectivity index (χ4v) is 3.95. The molecule has 1 fully saturated rings. The molecule has 20 heavy (non-hydrogen) atoms. The van der Waals surface area contributed by atoms with E-state index in [9.17, 15) is 13.2 Å². The Labute approximate surface area is 117 Å². The molecular weight excluding hydrogens is 286 g/mol. The predicted octanol–water partition coefficient (Wildman–Crippen LogP) is 1.09. The van der Waals surface area contributed by atoms with Gasteiger partial charge < -0.3 is 14.3 Å². The maximum absolute atomic E-state index is 12.5. The Kier molecular flexibility index (Phi) is 4.17. The first-order valence-corrected chi connectivity index (χ1v) is 7.67. The Morgan fingerprint density at radius 1 is 1.55 bits per heavy atom. The van der Waals surface area contributed by atoms with Gasteiger partial charge in [-0.1, -0.05) is 0 Å². The number of hydrogen-bond donors (Lipinski definition) is 1. The molecule has 0 spiro atoms. The maximum atomic E-state index is 12.5. The predicted molar refractivity (Wildman–Crippen MR) is 69.2 cm³/mol. The van der Waals surface area contributed by atoms with E-state index in [-0.39, 0.29) is 29.1 Å². The van der Waals surface area contributed by atoms with Gasteiger partial charge in [0.15, 0.2) is 0 Å². The lowest BCUT2D eigenvalue weighted by atomic mass is 10.1. The second kappa shape index (κ2) is 5.55. The molecule has 0 aromatic carbocycles. The lowest BCUT2D eigenvalue weighted by Crippen LogP contribution is -2.42. The molecule has 0 radical (unpaired) electrons. The number of hydrogen-bond acceptors (Lipinski definition) is 5. The fraction of sp³-hybridized carbons (Fsp3) is 0.583. The number of carbonyl (C=O) groups is 1. The van der Waals surface area contributed by atoms with Crippen LogP contribution < -0.4 is 0 Å². The van der Waals surface area contributed by atoms with Gasteiger partial charge in [-0.3, -0.25) is 0 Å². The molecule has 7 nitrogen and oxygen atoms in total. The van der Waals surface area contributed by atoms with Crippen LogP contribution in [0.15, 0.2) is 15.4 Å². The average Bonchev–Trinajstić information content (AvgIpc) is 2.82. The van der Waals surface area contributed by atoms with E-state index >= 15 is 0 Å². The second-order valence-electron chi connectivity index (χ2n) is 4.70. The molecule has 112 valence electrons. The number of piperidine rings is 1. The van der Waals surface area contributed by atoms with E-state index in [1.807, 2.05) is 0 Å². The van der Waals surface area contributed by atoms with Crippen LogP contribution in [0.3, 0.4) is 0 Å². The smallest absolute Gasteiger partial charge is 0.371 e. The van der Waals surface area contributed by atoms with Crippen LogP contribution in [-0.2, 0) is 14.8 Å². The minimum Gasteiger partial charge on any atom is -0.475 e. The van der Waals surface area contributed by atoms with E-state index in [4.69, 9.17) is 14.3 Å². The number of sulfonamides is 1. The van der Waals surface area contributed by atoms with Crippen LogP contribution in [-0.4, -0.2) is 50.1 Å². The van der Waals surface area contributed by atoms with Crippen LogP contribution in [0.2, 0.25) is 0 Å². The van der Waals surface area contributed by atoms with Gasteiger partial charge in [-0.05, 0) is 19.8 Å². The molecule has 1 aliphatic heterocycles. The minimum atomic E-state index is -3.75. The topological polar surface area (TPSA) is 97.0 Å². The van der Waals surface area contributed by atoms with Gasteiger partial charge in [0, 0.05) is 26.3 Å². The minimum absolute atomic E-state index is 0.0851. The van der Waals surface area contributed by atoms with Gasteiger partial charge in [0.05, 0.1) is 6.10 Å². The lowest BCUT2D eigenvalue weighted by molar-refractivity contribution is 0.0571. The summed E-state index contributed by atoms with van der Waals surface area (Å²) >= 11 is 0. The molecule has 1 aromatic heterocycles. The van der Waals surface area contributed by atoms with Crippen LogP contribution >= 0.6 is 0 Å². The molecule has 1 aromatic rings. The first-order chi connectivity index (χ1) is 9.36. The molecular formula is C12H17NO6S. The van der Waals surface area contributed by atoms with Gasteiger partial charge in [0.25, 0.3) is 0 Å². The molecule has 0 amide bonds. The van der Waals surface area contributed by atoms with Crippen LogP contribution in [0.4, 0.5) is 0 Å². The molecule has 1 unspecified atom stereocenters. The molecule has 1 N–H and O–H groups in total. The normalized spacial score (nSPS) is 21.0. The van der Waals surface area contributed by atoms with Gasteiger partial charge >= 0.3 is 5.97 Å². The molecule has 2 heterocycles. The number of methoxy groups -OCH3 is 1. The maximum Gasteiger partial charge on any atom is 0.371 e. The molecule has 1 atom stereocenters. The van der Waals surface area contributed by atoms with Gasteiger partial charge in [-0.25, -0.2) is 13.2 Å². The highest BCUT2D eigenvalue weighted by molar-refractivity contribution is 7.89. The monoisotopic (exact) mass is 303 g/mol. The van der Waals surface area contributed by atoms with Gasteiger partial charge in [-0.15, -0.1) is 0 Å². The highest BCUT2D eigenvalue weighted by Crippen LogP contribution is 2.26. The van der Waals surface area contributed by atoms with Crippen molar-refractivity contribution < 1.29 is 27.5 Å². The summed E-state index contributed by atoms with van der Waals surface area (Å²) in [5.74, 6) is -1.58. The summed E-state index contributed by atoms with van der Waals surface area (Å²) in [6.45, 7) is 2.11. The summed E-state index contributed by atoms with van der Waals surface area (Å²) in [6, 6.07) is 1.06. The third-order valence-electron chi connectivity index (χ3n) is 3.38. The third-order valence-corrected chi connectivity index (χ3v) is 5.35. The van der Waals surface area contributed by atoms with E-state index in [1.54, 1.807) is 7.11 Å². The zero-order chi connectivity index (χ0) is 14.9. The summed E-state index contributed by atoms with van der Waals surface area (Å²) in [7, 11) is -2.20. The Balaban J connectivity index is 2.32. The molecule has 0 saturated carbocycles. The highest BCUT2D eigenvalue weighted by Gasteiger charge is 2.33. The molecule has 1 aliphatic rings. The Morgan fingerprint density at radius 3 is 2.80 bits per heavy atom. The Bertz CT molecular complexity index is 605. The van der Waals surface area contributed by atoms with Crippen molar-refractivity contribution in [2.24, 2.45) is 0 Å². The summed E-state index contributed by atoms with van der Waals surface area (Å²) in [5, 5.41) is 8.86. The van der Waals surface area contributed by atoms with E-state index < -0.39 is 16.0 Å². The van der Waals surface area contributed by atoms with Crippen LogP contribution in [0, 0.1) is 6.92 Å². The zero-order valence-electron chi connectivity index (χ0n) is 11.3. The molecule has 8 heteroatoms. The summed E-state index contributed by atoms with van der Waals surface area (Å²) < 4.78 is 36.5. The van der Waals surface area contributed by atoms with Gasteiger partial charge in [0.2, 0.25) is 15.8 Å². The van der Waals surface area contributed by atoms with Crippen LogP contribution in [0.5, 0.6) is 0 Å². The third kappa shape index (κ3) is 2.72. The first-order valence-electron chi connectivity index (χ1n) is 6.23. The van der Waals surface area contributed by atoms with Crippen molar-refractivity contribution >= 4 is 16.0 Å². The standard InChI is InChI=1S/C12H17NO6S/c1-8-11(6-10(19-8)12(14)15)20(16,17)13-5-3-4-9(7-13)18-2/h6,9H,3-5,7H2,1-2H3,(H,14,15). The number of aromatic carboxylic acids is 1. The van der Waals surface area contributed by atoms with Crippen molar-refractivity contribution in [2.45, 2.75) is 30.8 Å². The van der Waals surface area contributed by atoms with Gasteiger partial charge in [-0.2, -0.15) is 4.31 Å².